The lowest BCUT2D eigenvalue weighted by atomic mass is 10.0. The van der Waals surface area contributed by atoms with Crippen LogP contribution in [0.3, 0.4) is 0 Å². The fraction of sp³-hybridized carbons (Fsp3) is 0.120. The van der Waals surface area contributed by atoms with Gasteiger partial charge in [-0.05, 0) is 53.6 Å². The SMILES string of the molecule is Clc1cc2cc(-c3cncc(OCCCc4c[nH]c5ccccc45)c3)ccc2cn1. The fourth-order valence-corrected chi connectivity index (χ4v) is 3.91. The van der Waals surface area contributed by atoms with Gasteiger partial charge in [0.15, 0.2) is 0 Å². The normalized spacial score (nSPS) is 11.2. The predicted molar refractivity (Wildman–Crippen MR) is 122 cm³/mol. The highest BCUT2D eigenvalue weighted by molar-refractivity contribution is 6.30. The molecule has 2 aromatic carbocycles. The first kappa shape index (κ1) is 18.6. The van der Waals surface area contributed by atoms with Gasteiger partial charge in [0.2, 0.25) is 0 Å². The van der Waals surface area contributed by atoms with Crippen LogP contribution in [0.2, 0.25) is 5.15 Å². The van der Waals surface area contributed by atoms with Gasteiger partial charge in [-0.2, -0.15) is 0 Å². The second kappa shape index (κ2) is 8.17. The molecule has 0 saturated heterocycles. The molecule has 4 nitrogen and oxygen atoms in total. The highest BCUT2D eigenvalue weighted by Crippen LogP contribution is 2.27. The summed E-state index contributed by atoms with van der Waals surface area (Å²) in [4.78, 5) is 11.8. The number of hydrogen-bond donors (Lipinski definition) is 1. The molecular weight excluding hydrogens is 394 g/mol. The molecule has 0 aliphatic carbocycles. The van der Waals surface area contributed by atoms with Crippen LogP contribution in [0.15, 0.2) is 79.4 Å². The molecule has 0 amide bonds. The van der Waals surface area contributed by atoms with Crippen molar-refractivity contribution in [3.63, 3.8) is 0 Å². The molecule has 30 heavy (non-hydrogen) atoms. The van der Waals surface area contributed by atoms with Crippen LogP contribution in [0.4, 0.5) is 0 Å². The number of nitrogens with zero attached hydrogens (tertiary/aromatic N) is 2. The Labute approximate surface area is 179 Å². The highest BCUT2D eigenvalue weighted by atomic mass is 35.5. The summed E-state index contributed by atoms with van der Waals surface area (Å²) in [7, 11) is 0. The summed E-state index contributed by atoms with van der Waals surface area (Å²) in [5, 5.41) is 3.89. The van der Waals surface area contributed by atoms with Crippen LogP contribution in [-0.2, 0) is 6.42 Å². The lowest BCUT2D eigenvalue weighted by Crippen LogP contribution is -1.99. The van der Waals surface area contributed by atoms with Crippen LogP contribution >= 0.6 is 11.6 Å². The van der Waals surface area contributed by atoms with Crippen molar-refractivity contribution in [2.24, 2.45) is 0 Å². The molecule has 5 heteroatoms. The molecule has 0 saturated carbocycles. The molecule has 0 aliphatic rings. The standard InChI is InChI=1S/C25H20ClN3O/c26-25-12-20-10-17(7-8-18(20)14-29-25)21-11-22(16-27-13-21)30-9-3-4-19-15-28-24-6-2-1-5-23(19)24/h1-2,5-8,10-16,28H,3-4,9H2. The maximum absolute atomic E-state index is 6.04. The quantitative estimate of drug-likeness (QED) is 0.257. The van der Waals surface area contributed by atoms with Crippen LogP contribution in [0.25, 0.3) is 32.8 Å². The summed E-state index contributed by atoms with van der Waals surface area (Å²) < 4.78 is 5.98. The number of aromatic nitrogens is 3. The number of aryl methyl sites for hydroxylation is 1. The summed E-state index contributed by atoms with van der Waals surface area (Å²) in [6.07, 6.45) is 9.39. The Morgan fingerprint density at radius 2 is 1.83 bits per heavy atom. The summed E-state index contributed by atoms with van der Waals surface area (Å²) in [6.45, 7) is 0.642. The third-order valence-electron chi connectivity index (χ3n) is 5.27. The number of nitrogens with one attached hydrogen (secondary N) is 1. The van der Waals surface area contributed by atoms with Crippen molar-refractivity contribution in [3.8, 4) is 16.9 Å². The van der Waals surface area contributed by atoms with Crippen LogP contribution in [0, 0.1) is 0 Å². The van der Waals surface area contributed by atoms with Gasteiger partial charge in [0.05, 0.1) is 12.8 Å². The third-order valence-corrected chi connectivity index (χ3v) is 5.48. The zero-order valence-corrected chi connectivity index (χ0v) is 17.1. The van der Waals surface area contributed by atoms with Crippen molar-refractivity contribution in [2.75, 3.05) is 6.61 Å². The average Bonchev–Trinajstić information content (AvgIpc) is 3.19. The number of benzene rings is 2. The van der Waals surface area contributed by atoms with Crippen LogP contribution in [-0.4, -0.2) is 21.6 Å². The van der Waals surface area contributed by atoms with Crippen LogP contribution in [0.1, 0.15) is 12.0 Å². The van der Waals surface area contributed by atoms with Gasteiger partial charge in [0.25, 0.3) is 0 Å². The summed E-state index contributed by atoms with van der Waals surface area (Å²) in [5.41, 5.74) is 4.59. The molecular formula is C25H20ClN3O. The van der Waals surface area contributed by atoms with E-state index in [0.29, 0.717) is 11.8 Å². The van der Waals surface area contributed by atoms with E-state index in [4.69, 9.17) is 16.3 Å². The lowest BCUT2D eigenvalue weighted by Gasteiger charge is -2.08. The predicted octanol–water partition coefficient (Wildman–Crippen LogP) is 6.44. The molecule has 0 spiro atoms. The molecule has 0 unspecified atom stereocenters. The number of aromatic amines is 1. The summed E-state index contributed by atoms with van der Waals surface area (Å²) in [5.74, 6) is 0.777. The molecule has 0 radical (unpaired) electrons. The maximum Gasteiger partial charge on any atom is 0.138 e. The van der Waals surface area contributed by atoms with Gasteiger partial charge in [-0.3, -0.25) is 4.98 Å². The minimum absolute atomic E-state index is 0.491. The summed E-state index contributed by atoms with van der Waals surface area (Å²) >= 11 is 6.04. The zero-order valence-electron chi connectivity index (χ0n) is 16.3. The Morgan fingerprint density at radius 3 is 2.80 bits per heavy atom. The van der Waals surface area contributed by atoms with Gasteiger partial charge in [-0.15, -0.1) is 0 Å². The molecule has 1 N–H and O–H groups in total. The number of fused-ring (bicyclic) bond motifs is 2. The average molecular weight is 414 g/mol. The van der Waals surface area contributed by atoms with Crippen molar-refractivity contribution in [1.29, 1.82) is 0 Å². The van der Waals surface area contributed by atoms with E-state index in [1.54, 1.807) is 12.4 Å². The van der Waals surface area contributed by atoms with E-state index in [0.717, 1.165) is 40.5 Å². The smallest absolute Gasteiger partial charge is 0.138 e. The number of H-pyrrole nitrogens is 1. The molecule has 5 aromatic rings. The van der Waals surface area contributed by atoms with Crippen molar-refractivity contribution in [1.82, 2.24) is 15.0 Å². The second-order valence-electron chi connectivity index (χ2n) is 7.29. The number of ether oxygens (including phenoxy) is 1. The van der Waals surface area contributed by atoms with E-state index in [1.165, 1.54) is 16.5 Å². The van der Waals surface area contributed by atoms with E-state index in [-0.39, 0.29) is 0 Å². The number of halogens is 1. The van der Waals surface area contributed by atoms with Gasteiger partial charge in [0, 0.05) is 40.4 Å². The fourth-order valence-electron chi connectivity index (χ4n) is 3.74. The largest absolute Gasteiger partial charge is 0.492 e. The summed E-state index contributed by atoms with van der Waals surface area (Å²) in [6, 6.07) is 18.5. The van der Waals surface area contributed by atoms with Gasteiger partial charge >= 0.3 is 0 Å². The van der Waals surface area contributed by atoms with Crippen molar-refractivity contribution in [2.45, 2.75) is 12.8 Å². The van der Waals surface area contributed by atoms with E-state index >= 15 is 0 Å². The Morgan fingerprint density at radius 1 is 0.900 bits per heavy atom. The third kappa shape index (κ3) is 3.87. The Hall–Kier alpha value is -3.37. The molecule has 0 fully saturated rings. The molecule has 0 atom stereocenters. The van der Waals surface area contributed by atoms with Gasteiger partial charge in [-0.1, -0.05) is 41.9 Å². The van der Waals surface area contributed by atoms with Crippen molar-refractivity contribution < 1.29 is 4.74 Å². The second-order valence-corrected chi connectivity index (χ2v) is 7.68. The number of hydrogen-bond acceptors (Lipinski definition) is 3. The van der Waals surface area contributed by atoms with E-state index < -0.39 is 0 Å². The number of pyridine rings is 2. The van der Waals surface area contributed by atoms with E-state index in [2.05, 4.69) is 51.5 Å². The van der Waals surface area contributed by atoms with Gasteiger partial charge < -0.3 is 9.72 Å². The minimum Gasteiger partial charge on any atom is -0.492 e. The van der Waals surface area contributed by atoms with E-state index in [1.807, 2.05) is 30.5 Å². The molecule has 0 aliphatic heterocycles. The van der Waals surface area contributed by atoms with E-state index in [9.17, 15) is 0 Å². The molecule has 3 aromatic heterocycles. The van der Waals surface area contributed by atoms with Crippen LogP contribution < -0.4 is 4.74 Å². The lowest BCUT2D eigenvalue weighted by molar-refractivity contribution is 0.310. The first-order valence-corrected chi connectivity index (χ1v) is 10.3. The molecule has 148 valence electrons. The van der Waals surface area contributed by atoms with Crippen molar-refractivity contribution in [3.05, 3.63) is 90.1 Å². The monoisotopic (exact) mass is 413 g/mol. The highest BCUT2D eigenvalue weighted by Gasteiger charge is 2.05. The molecule has 0 bridgehead atoms. The Bertz CT molecular complexity index is 1330. The maximum atomic E-state index is 6.04. The Kier molecular flexibility index (Phi) is 5.08. The number of para-hydroxylation sites is 1. The van der Waals surface area contributed by atoms with Crippen LogP contribution in [0.5, 0.6) is 5.75 Å². The van der Waals surface area contributed by atoms with Gasteiger partial charge in [0.1, 0.15) is 10.9 Å². The Balaban J connectivity index is 1.26. The number of rotatable bonds is 6. The van der Waals surface area contributed by atoms with Gasteiger partial charge in [-0.25, -0.2) is 4.98 Å². The molecule has 3 heterocycles. The molecule has 5 rings (SSSR count). The van der Waals surface area contributed by atoms with Crippen molar-refractivity contribution >= 4 is 33.3 Å². The zero-order chi connectivity index (χ0) is 20.3. The first-order valence-electron chi connectivity index (χ1n) is 9.95. The topological polar surface area (TPSA) is 50.8 Å². The first-order chi connectivity index (χ1) is 14.8. The minimum atomic E-state index is 0.491.